The molecule has 0 spiro atoms. The van der Waals surface area contributed by atoms with Crippen LogP contribution in [0.25, 0.3) is 0 Å². The first kappa shape index (κ1) is 11.2. The van der Waals surface area contributed by atoms with Gasteiger partial charge in [0.25, 0.3) is 0 Å². The highest BCUT2D eigenvalue weighted by molar-refractivity contribution is 5.47. The van der Waals surface area contributed by atoms with E-state index in [9.17, 15) is 5.11 Å². The second-order valence-electron chi connectivity index (χ2n) is 4.34. The number of hydrogen-bond acceptors (Lipinski definition) is 2. The Bertz CT molecular complexity index is 409. The van der Waals surface area contributed by atoms with Gasteiger partial charge in [-0.25, -0.2) is 0 Å². The molecule has 0 unspecified atom stereocenters. The molecule has 1 aliphatic carbocycles. The minimum absolute atomic E-state index is 0.164. The highest BCUT2D eigenvalue weighted by Gasteiger charge is 2.35. The number of aliphatic hydroxyl groups excluding tert-OH is 1. The van der Waals surface area contributed by atoms with E-state index in [0.29, 0.717) is 0 Å². The van der Waals surface area contributed by atoms with Crippen LogP contribution in [0.15, 0.2) is 30.4 Å². The monoisotopic (exact) mass is 218 g/mol. The highest BCUT2D eigenvalue weighted by Crippen LogP contribution is 2.41. The smallest absolute Gasteiger partial charge is 0.119 e. The van der Waals surface area contributed by atoms with Crippen LogP contribution in [-0.2, 0) is 11.8 Å². The predicted molar refractivity (Wildman–Crippen MR) is 64.9 cm³/mol. The summed E-state index contributed by atoms with van der Waals surface area (Å²) in [5.41, 5.74) is 2.35. The molecule has 0 radical (unpaired) electrons. The number of fused-ring (bicyclic) bond motifs is 1. The summed E-state index contributed by atoms with van der Waals surface area (Å²) in [6.07, 6.45) is 6.14. The molecular weight excluding hydrogens is 200 g/mol. The topological polar surface area (TPSA) is 29.5 Å². The minimum atomic E-state index is -0.196. The van der Waals surface area contributed by atoms with Gasteiger partial charge >= 0.3 is 0 Å². The summed E-state index contributed by atoms with van der Waals surface area (Å²) in [5, 5.41) is 9.67. The molecule has 86 valence electrons. The van der Waals surface area contributed by atoms with Crippen molar-refractivity contribution < 1.29 is 9.84 Å². The van der Waals surface area contributed by atoms with Crippen molar-refractivity contribution in [3.05, 3.63) is 41.5 Å². The van der Waals surface area contributed by atoms with Crippen molar-refractivity contribution in [1.82, 2.24) is 0 Å². The van der Waals surface area contributed by atoms with Gasteiger partial charge in [0.1, 0.15) is 5.75 Å². The lowest BCUT2D eigenvalue weighted by Gasteiger charge is -2.24. The van der Waals surface area contributed by atoms with Crippen molar-refractivity contribution in [2.75, 3.05) is 13.7 Å². The van der Waals surface area contributed by atoms with E-state index in [2.05, 4.69) is 18.2 Å². The zero-order chi connectivity index (χ0) is 11.6. The molecule has 0 saturated heterocycles. The summed E-state index contributed by atoms with van der Waals surface area (Å²) in [6.45, 7) is 2.16. The SMILES string of the molecule is C/C=C/[C@@]1(CO)CCc2ccc(OC)cc21. The first-order chi connectivity index (χ1) is 7.75. The number of aryl methyl sites for hydroxylation is 1. The number of hydrogen-bond donors (Lipinski definition) is 1. The fraction of sp³-hybridized carbons (Fsp3) is 0.429. The Morgan fingerprint density at radius 3 is 2.94 bits per heavy atom. The van der Waals surface area contributed by atoms with Crippen LogP contribution in [-0.4, -0.2) is 18.8 Å². The Morgan fingerprint density at radius 1 is 1.50 bits per heavy atom. The van der Waals surface area contributed by atoms with Gasteiger partial charge in [0, 0.05) is 5.41 Å². The fourth-order valence-corrected chi connectivity index (χ4v) is 2.57. The van der Waals surface area contributed by atoms with Crippen molar-refractivity contribution >= 4 is 0 Å². The highest BCUT2D eigenvalue weighted by atomic mass is 16.5. The molecule has 1 aromatic rings. The Balaban J connectivity index is 2.50. The maximum atomic E-state index is 9.67. The molecule has 0 aromatic heterocycles. The van der Waals surface area contributed by atoms with E-state index in [4.69, 9.17) is 4.74 Å². The van der Waals surface area contributed by atoms with Crippen molar-refractivity contribution in [3.63, 3.8) is 0 Å². The van der Waals surface area contributed by atoms with Gasteiger partial charge in [-0.1, -0.05) is 18.2 Å². The van der Waals surface area contributed by atoms with Gasteiger partial charge in [-0.05, 0) is 43.0 Å². The number of aliphatic hydroxyl groups is 1. The van der Waals surface area contributed by atoms with Crippen LogP contribution in [0.1, 0.15) is 24.5 Å². The Morgan fingerprint density at radius 2 is 2.31 bits per heavy atom. The normalized spacial score (nSPS) is 23.7. The minimum Gasteiger partial charge on any atom is -0.497 e. The van der Waals surface area contributed by atoms with E-state index in [-0.39, 0.29) is 12.0 Å². The average Bonchev–Trinajstić information content (AvgIpc) is 2.69. The number of methoxy groups -OCH3 is 1. The molecule has 0 amide bonds. The average molecular weight is 218 g/mol. The molecule has 2 nitrogen and oxygen atoms in total. The van der Waals surface area contributed by atoms with E-state index in [1.807, 2.05) is 19.1 Å². The summed E-state index contributed by atoms with van der Waals surface area (Å²) < 4.78 is 5.25. The van der Waals surface area contributed by atoms with Crippen LogP contribution in [0, 0.1) is 0 Å². The van der Waals surface area contributed by atoms with Gasteiger partial charge in [-0.15, -0.1) is 0 Å². The van der Waals surface area contributed by atoms with Gasteiger partial charge in [0.05, 0.1) is 13.7 Å². The van der Waals surface area contributed by atoms with Crippen LogP contribution < -0.4 is 4.74 Å². The number of rotatable bonds is 3. The van der Waals surface area contributed by atoms with Crippen LogP contribution in [0.2, 0.25) is 0 Å². The molecule has 2 heteroatoms. The predicted octanol–water partition coefficient (Wildman–Crippen LogP) is 2.45. The van der Waals surface area contributed by atoms with E-state index in [0.717, 1.165) is 18.6 Å². The summed E-state index contributed by atoms with van der Waals surface area (Å²) in [6, 6.07) is 6.15. The maximum Gasteiger partial charge on any atom is 0.119 e. The Labute approximate surface area is 96.6 Å². The molecule has 0 fully saturated rings. The van der Waals surface area contributed by atoms with Crippen LogP contribution in [0.4, 0.5) is 0 Å². The number of allylic oxidation sites excluding steroid dienone is 1. The summed E-state index contributed by atoms with van der Waals surface area (Å²) in [7, 11) is 1.67. The third-order valence-corrected chi connectivity index (χ3v) is 3.46. The number of ether oxygens (including phenoxy) is 1. The van der Waals surface area contributed by atoms with Gasteiger partial charge in [-0.3, -0.25) is 0 Å². The maximum absolute atomic E-state index is 9.67. The van der Waals surface area contributed by atoms with Crippen molar-refractivity contribution in [2.24, 2.45) is 0 Å². The Kier molecular flexibility index (Phi) is 3.01. The molecule has 1 atom stereocenters. The summed E-state index contributed by atoms with van der Waals surface area (Å²) in [4.78, 5) is 0. The third-order valence-electron chi connectivity index (χ3n) is 3.46. The van der Waals surface area contributed by atoms with Crippen molar-refractivity contribution in [2.45, 2.75) is 25.2 Å². The van der Waals surface area contributed by atoms with Gasteiger partial charge in [0.2, 0.25) is 0 Å². The lowest BCUT2D eigenvalue weighted by Crippen LogP contribution is -2.24. The van der Waals surface area contributed by atoms with Crippen LogP contribution >= 0.6 is 0 Å². The van der Waals surface area contributed by atoms with Gasteiger partial charge in [-0.2, -0.15) is 0 Å². The van der Waals surface area contributed by atoms with E-state index in [1.165, 1.54) is 11.1 Å². The third kappa shape index (κ3) is 1.63. The van der Waals surface area contributed by atoms with Crippen LogP contribution in [0.3, 0.4) is 0 Å². The standard InChI is InChI=1S/C14H18O2/c1-3-7-14(10-15)8-6-11-4-5-12(16-2)9-13(11)14/h3-5,7,9,15H,6,8,10H2,1-2H3/b7-3+/t14-/m0/s1. The zero-order valence-electron chi connectivity index (χ0n) is 9.86. The van der Waals surface area contributed by atoms with Crippen LogP contribution in [0.5, 0.6) is 5.75 Å². The molecule has 1 aromatic carbocycles. The second-order valence-corrected chi connectivity index (χ2v) is 4.34. The lowest BCUT2D eigenvalue weighted by molar-refractivity contribution is 0.224. The summed E-state index contributed by atoms with van der Waals surface area (Å²) in [5.74, 6) is 0.864. The van der Waals surface area contributed by atoms with Crippen molar-refractivity contribution in [1.29, 1.82) is 0 Å². The van der Waals surface area contributed by atoms with E-state index >= 15 is 0 Å². The summed E-state index contributed by atoms with van der Waals surface area (Å²) >= 11 is 0. The first-order valence-electron chi connectivity index (χ1n) is 5.68. The molecule has 2 rings (SSSR count). The molecule has 0 aliphatic heterocycles. The molecule has 0 saturated carbocycles. The lowest BCUT2D eigenvalue weighted by atomic mass is 9.82. The van der Waals surface area contributed by atoms with Gasteiger partial charge in [0.15, 0.2) is 0 Å². The molecule has 0 bridgehead atoms. The molecular formula is C14H18O2. The molecule has 16 heavy (non-hydrogen) atoms. The largest absolute Gasteiger partial charge is 0.497 e. The number of benzene rings is 1. The van der Waals surface area contributed by atoms with Crippen molar-refractivity contribution in [3.8, 4) is 5.75 Å². The molecule has 0 heterocycles. The van der Waals surface area contributed by atoms with Gasteiger partial charge < -0.3 is 9.84 Å². The van der Waals surface area contributed by atoms with E-state index in [1.54, 1.807) is 7.11 Å². The fourth-order valence-electron chi connectivity index (χ4n) is 2.57. The Hall–Kier alpha value is -1.28. The molecule has 1 N–H and O–H groups in total. The zero-order valence-corrected chi connectivity index (χ0v) is 9.86. The van der Waals surface area contributed by atoms with E-state index < -0.39 is 0 Å². The quantitative estimate of drug-likeness (QED) is 0.790. The molecule has 1 aliphatic rings. The first-order valence-corrected chi connectivity index (χ1v) is 5.68. The second kappa shape index (κ2) is 4.30.